The molecule has 0 aromatic carbocycles. The fourth-order valence-corrected chi connectivity index (χ4v) is 0.972. The number of nitrogens with zero attached hydrogens (tertiary/aromatic N) is 1. The van der Waals surface area contributed by atoms with Crippen LogP contribution in [0.4, 0.5) is 0 Å². The van der Waals surface area contributed by atoms with Gasteiger partial charge in [0.05, 0.1) is 5.41 Å². The molecular weight excluding hydrogens is 190 g/mol. The summed E-state index contributed by atoms with van der Waals surface area (Å²) in [6.45, 7) is 6.05. The molecule has 1 aromatic rings. The minimum Gasteiger partial charge on any atom is -0.460 e. The van der Waals surface area contributed by atoms with Gasteiger partial charge in [-0.25, -0.2) is 0 Å². The first-order valence-corrected chi connectivity index (χ1v) is 5.12. The minimum absolute atomic E-state index is 0.158. The molecule has 15 heavy (non-hydrogen) atoms. The van der Waals surface area contributed by atoms with Gasteiger partial charge in [0.15, 0.2) is 0 Å². The summed E-state index contributed by atoms with van der Waals surface area (Å²) < 4.78 is 5.20. The lowest BCUT2D eigenvalue weighted by Crippen LogP contribution is -2.25. The molecule has 0 N–H and O–H groups in total. The number of carbonyl (C=O) groups is 1. The molecule has 0 spiro atoms. The Labute approximate surface area is 90.5 Å². The predicted octanol–water partition coefficient (Wildman–Crippen LogP) is 2.56. The van der Waals surface area contributed by atoms with Gasteiger partial charge in [-0.05, 0) is 26.3 Å². The Balaban J connectivity index is 2.48. The monoisotopic (exact) mass is 207 g/mol. The molecule has 0 saturated heterocycles. The quantitative estimate of drug-likeness (QED) is 0.712. The van der Waals surface area contributed by atoms with Crippen molar-refractivity contribution in [3.05, 3.63) is 30.1 Å². The van der Waals surface area contributed by atoms with E-state index < -0.39 is 5.41 Å². The first kappa shape index (κ1) is 11.7. The molecule has 0 amide bonds. The molecule has 1 rings (SSSR count). The number of ether oxygens (including phenoxy) is 1. The largest absolute Gasteiger partial charge is 0.460 e. The van der Waals surface area contributed by atoms with Crippen LogP contribution in [0.1, 0.15) is 32.8 Å². The third-order valence-electron chi connectivity index (χ3n) is 2.53. The topological polar surface area (TPSA) is 39.2 Å². The van der Waals surface area contributed by atoms with Gasteiger partial charge >= 0.3 is 5.97 Å². The third-order valence-corrected chi connectivity index (χ3v) is 2.53. The molecule has 0 fully saturated rings. The Morgan fingerprint density at radius 1 is 1.53 bits per heavy atom. The zero-order valence-corrected chi connectivity index (χ0v) is 9.49. The van der Waals surface area contributed by atoms with E-state index in [2.05, 4.69) is 4.98 Å². The smallest absolute Gasteiger partial charge is 0.311 e. The highest BCUT2D eigenvalue weighted by Crippen LogP contribution is 2.21. The van der Waals surface area contributed by atoms with E-state index in [-0.39, 0.29) is 5.97 Å². The standard InChI is InChI=1S/C12H17NO2/c1-4-12(2,3)11(14)15-9-10-6-5-7-13-8-10/h5-8H,4,9H2,1-3H3. The summed E-state index contributed by atoms with van der Waals surface area (Å²) in [6.07, 6.45) is 4.17. The van der Waals surface area contributed by atoms with Crippen molar-refractivity contribution < 1.29 is 9.53 Å². The first-order valence-electron chi connectivity index (χ1n) is 5.12. The van der Waals surface area contributed by atoms with Crippen molar-refractivity contribution in [3.63, 3.8) is 0 Å². The van der Waals surface area contributed by atoms with Gasteiger partial charge in [0.2, 0.25) is 0 Å². The number of esters is 1. The van der Waals surface area contributed by atoms with Gasteiger partial charge in [0.25, 0.3) is 0 Å². The number of pyridine rings is 1. The van der Waals surface area contributed by atoms with Crippen molar-refractivity contribution in [1.82, 2.24) is 4.98 Å². The van der Waals surface area contributed by atoms with Crippen LogP contribution in [0.3, 0.4) is 0 Å². The van der Waals surface area contributed by atoms with E-state index in [9.17, 15) is 4.79 Å². The van der Waals surface area contributed by atoms with E-state index in [1.165, 1.54) is 0 Å². The second-order valence-corrected chi connectivity index (χ2v) is 4.17. The summed E-state index contributed by atoms with van der Waals surface area (Å²) in [5.74, 6) is -0.158. The highest BCUT2D eigenvalue weighted by atomic mass is 16.5. The SMILES string of the molecule is CCC(C)(C)C(=O)OCc1cccnc1. The molecule has 1 heterocycles. The molecule has 0 unspecified atom stereocenters. The van der Waals surface area contributed by atoms with Gasteiger partial charge in [0.1, 0.15) is 6.61 Å². The van der Waals surface area contributed by atoms with Gasteiger partial charge in [-0.1, -0.05) is 13.0 Å². The van der Waals surface area contributed by atoms with Gasteiger partial charge in [-0.3, -0.25) is 9.78 Å². The Morgan fingerprint density at radius 3 is 2.80 bits per heavy atom. The molecule has 3 nitrogen and oxygen atoms in total. The number of hydrogen-bond donors (Lipinski definition) is 0. The molecular formula is C12H17NO2. The highest BCUT2D eigenvalue weighted by molar-refractivity contribution is 5.75. The van der Waals surface area contributed by atoms with Gasteiger partial charge in [-0.15, -0.1) is 0 Å². The molecule has 0 atom stereocenters. The van der Waals surface area contributed by atoms with E-state index in [1.54, 1.807) is 12.4 Å². The van der Waals surface area contributed by atoms with Crippen LogP contribution in [0.2, 0.25) is 0 Å². The fraction of sp³-hybridized carbons (Fsp3) is 0.500. The van der Waals surface area contributed by atoms with E-state index >= 15 is 0 Å². The summed E-state index contributed by atoms with van der Waals surface area (Å²) in [4.78, 5) is 15.6. The first-order chi connectivity index (χ1) is 7.06. The fourth-order valence-electron chi connectivity index (χ4n) is 0.972. The van der Waals surface area contributed by atoms with E-state index in [4.69, 9.17) is 4.74 Å². The maximum atomic E-state index is 11.6. The van der Waals surface area contributed by atoms with Crippen molar-refractivity contribution >= 4 is 5.97 Å². The Kier molecular flexibility index (Phi) is 3.83. The maximum Gasteiger partial charge on any atom is 0.311 e. The molecule has 0 bridgehead atoms. The summed E-state index contributed by atoms with van der Waals surface area (Å²) >= 11 is 0. The normalized spacial score (nSPS) is 11.1. The lowest BCUT2D eigenvalue weighted by atomic mass is 9.91. The Hall–Kier alpha value is -1.38. The number of carbonyl (C=O) groups excluding carboxylic acids is 1. The molecule has 0 aliphatic rings. The molecule has 0 aliphatic heterocycles. The molecule has 1 aromatic heterocycles. The van der Waals surface area contributed by atoms with Crippen molar-refractivity contribution in [3.8, 4) is 0 Å². The summed E-state index contributed by atoms with van der Waals surface area (Å²) in [5, 5.41) is 0. The van der Waals surface area contributed by atoms with Crippen LogP contribution in [0.15, 0.2) is 24.5 Å². The zero-order chi connectivity index (χ0) is 11.3. The lowest BCUT2D eigenvalue weighted by Gasteiger charge is -2.20. The maximum absolute atomic E-state index is 11.6. The summed E-state index contributed by atoms with van der Waals surface area (Å²) in [7, 11) is 0. The van der Waals surface area contributed by atoms with Crippen LogP contribution in [0.5, 0.6) is 0 Å². The second kappa shape index (κ2) is 4.91. The number of hydrogen-bond acceptors (Lipinski definition) is 3. The lowest BCUT2D eigenvalue weighted by molar-refractivity contribution is -0.155. The minimum atomic E-state index is -0.401. The summed E-state index contributed by atoms with van der Waals surface area (Å²) in [6, 6.07) is 3.72. The van der Waals surface area contributed by atoms with Crippen LogP contribution in [0.25, 0.3) is 0 Å². The van der Waals surface area contributed by atoms with Crippen LogP contribution in [-0.2, 0) is 16.1 Å². The van der Waals surface area contributed by atoms with Crippen LogP contribution >= 0.6 is 0 Å². The van der Waals surface area contributed by atoms with Gasteiger partial charge in [-0.2, -0.15) is 0 Å². The molecule has 82 valence electrons. The van der Waals surface area contributed by atoms with Gasteiger partial charge < -0.3 is 4.74 Å². The summed E-state index contributed by atoms with van der Waals surface area (Å²) in [5.41, 5.74) is 0.514. The Bertz CT molecular complexity index is 320. The molecule has 3 heteroatoms. The van der Waals surface area contributed by atoms with Crippen molar-refractivity contribution in [2.45, 2.75) is 33.8 Å². The van der Waals surface area contributed by atoms with Gasteiger partial charge in [0, 0.05) is 18.0 Å². The zero-order valence-electron chi connectivity index (χ0n) is 9.49. The predicted molar refractivity (Wildman–Crippen MR) is 58.1 cm³/mol. The Morgan fingerprint density at radius 2 is 2.27 bits per heavy atom. The average Bonchev–Trinajstić information content (AvgIpc) is 2.27. The third kappa shape index (κ3) is 3.35. The van der Waals surface area contributed by atoms with Crippen molar-refractivity contribution in [2.24, 2.45) is 5.41 Å². The molecule has 0 aliphatic carbocycles. The van der Waals surface area contributed by atoms with Crippen LogP contribution in [0, 0.1) is 5.41 Å². The average molecular weight is 207 g/mol. The van der Waals surface area contributed by atoms with Crippen molar-refractivity contribution in [1.29, 1.82) is 0 Å². The number of rotatable bonds is 4. The van der Waals surface area contributed by atoms with Crippen molar-refractivity contribution in [2.75, 3.05) is 0 Å². The highest BCUT2D eigenvalue weighted by Gasteiger charge is 2.26. The van der Waals surface area contributed by atoms with E-state index in [0.717, 1.165) is 12.0 Å². The second-order valence-electron chi connectivity index (χ2n) is 4.17. The number of aromatic nitrogens is 1. The van der Waals surface area contributed by atoms with Crippen LogP contribution in [-0.4, -0.2) is 11.0 Å². The molecule has 0 radical (unpaired) electrons. The van der Waals surface area contributed by atoms with E-state index in [1.807, 2.05) is 32.9 Å². The van der Waals surface area contributed by atoms with Crippen LogP contribution < -0.4 is 0 Å². The molecule has 0 saturated carbocycles. The van der Waals surface area contributed by atoms with E-state index in [0.29, 0.717) is 6.61 Å².